The summed E-state index contributed by atoms with van der Waals surface area (Å²) in [4.78, 5) is 47.5. The zero-order valence-electron chi connectivity index (χ0n) is 34.6. The number of carbonyl (C=O) groups is 4. The minimum Gasteiger partial charge on any atom is -0.480 e. The Morgan fingerprint density at radius 1 is 0.571 bits per heavy atom. The normalized spacial score (nSPS) is 13.5. The smallest absolute Gasteiger partial charge is 0.328 e. The van der Waals surface area contributed by atoms with Gasteiger partial charge in [0.15, 0.2) is 0 Å². The molecule has 0 aromatic heterocycles. The van der Waals surface area contributed by atoms with Gasteiger partial charge in [0.2, 0.25) is 11.8 Å². The third-order valence-electron chi connectivity index (χ3n) is 8.55. The Kier molecular flexibility index (Phi) is 37.4. The first kappa shape index (κ1) is 51.8. The molecule has 0 bridgehead atoms. The number of ether oxygens (including phenoxy) is 1. The fourth-order valence-electron chi connectivity index (χ4n) is 5.31. The number of hydrogen-bond acceptors (Lipinski definition) is 6. The van der Waals surface area contributed by atoms with Crippen molar-refractivity contribution in [2.75, 3.05) is 13.2 Å². The molecule has 0 radical (unpaired) electrons. The van der Waals surface area contributed by atoms with Gasteiger partial charge < -0.3 is 25.6 Å². The van der Waals surface area contributed by atoms with Crippen LogP contribution in [0.15, 0.2) is 97.2 Å². The molecule has 9 heteroatoms. The van der Waals surface area contributed by atoms with Crippen LogP contribution >= 0.6 is 0 Å². The Balaban J connectivity index is 4.38. The molecule has 0 saturated heterocycles. The lowest BCUT2D eigenvalue weighted by atomic mass is 10.1. The second-order valence-electron chi connectivity index (χ2n) is 13.7. The van der Waals surface area contributed by atoms with Gasteiger partial charge in [-0.05, 0) is 102 Å². The molecule has 0 aliphatic heterocycles. The van der Waals surface area contributed by atoms with E-state index in [-0.39, 0.29) is 30.9 Å². The highest BCUT2D eigenvalue weighted by Crippen LogP contribution is 2.14. The Morgan fingerprint density at radius 3 is 1.61 bits per heavy atom. The van der Waals surface area contributed by atoms with E-state index in [1.165, 1.54) is 19.3 Å². The summed E-state index contributed by atoms with van der Waals surface area (Å²) in [6.07, 6.45) is 53.1. The van der Waals surface area contributed by atoms with Gasteiger partial charge >= 0.3 is 11.9 Å². The molecule has 0 saturated carbocycles. The molecular weight excluding hydrogens is 705 g/mol. The monoisotopic (exact) mass is 779 g/mol. The minimum absolute atomic E-state index is 0.174. The summed E-state index contributed by atoms with van der Waals surface area (Å²) in [5, 5.41) is 22.5. The SMILES string of the molecule is CC/C=C\C/C=C\C/C=C\C/C=C\C/C=C\C/C=C\CCCCC(=O)OC(/C=C\C/C=C\CCCCC)CCCCCCC(=O)NCC(=O)NC(CO)C(=O)O. The van der Waals surface area contributed by atoms with Crippen LogP contribution in [0, 0.1) is 0 Å². The molecule has 0 aromatic carbocycles. The zero-order valence-corrected chi connectivity index (χ0v) is 34.6. The van der Waals surface area contributed by atoms with Crippen molar-refractivity contribution in [1.82, 2.24) is 10.6 Å². The van der Waals surface area contributed by atoms with Crippen LogP contribution in [0.2, 0.25) is 0 Å². The van der Waals surface area contributed by atoms with Crippen molar-refractivity contribution >= 4 is 23.8 Å². The van der Waals surface area contributed by atoms with Gasteiger partial charge in [-0.15, -0.1) is 0 Å². The van der Waals surface area contributed by atoms with Gasteiger partial charge in [-0.25, -0.2) is 4.79 Å². The quantitative estimate of drug-likeness (QED) is 0.0282. The number of esters is 1. The van der Waals surface area contributed by atoms with Crippen LogP contribution in [-0.2, 0) is 23.9 Å². The molecule has 56 heavy (non-hydrogen) atoms. The molecule has 0 rings (SSSR count). The van der Waals surface area contributed by atoms with E-state index in [1.54, 1.807) is 0 Å². The van der Waals surface area contributed by atoms with E-state index < -0.39 is 24.5 Å². The van der Waals surface area contributed by atoms with E-state index in [2.05, 4.69) is 116 Å². The molecule has 314 valence electrons. The van der Waals surface area contributed by atoms with Crippen LogP contribution < -0.4 is 10.6 Å². The highest BCUT2D eigenvalue weighted by molar-refractivity contribution is 5.87. The largest absolute Gasteiger partial charge is 0.480 e. The molecular formula is C47H74N2O7. The van der Waals surface area contributed by atoms with Gasteiger partial charge in [-0.3, -0.25) is 14.4 Å². The van der Waals surface area contributed by atoms with Crippen LogP contribution in [0.3, 0.4) is 0 Å². The standard InChI is InChI=1S/C47H74N2O7/c1-3-5-7-9-11-13-14-15-16-17-18-19-20-21-22-23-24-25-27-29-35-39-46(53)56-42(36-32-28-26-12-10-8-6-4-2)37-33-30-31-34-38-44(51)48-40-45(52)49-43(41-50)47(54)55/h5,7,11-13,15-16,18-19,21-22,24-26,32,36,42-43,50H,3-4,6,8-10,14,17,20,23,27-31,33-35,37-41H2,1-2H3,(H,48,51)(H,49,52)(H,54,55)/b7-5-,13-11-,16-15-,19-18-,22-21-,25-24-,26-12-,36-32-. The van der Waals surface area contributed by atoms with E-state index in [0.717, 1.165) is 89.9 Å². The van der Waals surface area contributed by atoms with Crippen LogP contribution in [0.5, 0.6) is 0 Å². The molecule has 0 aromatic rings. The number of nitrogens with one attached hydrogen (secondary N) is 2. The second-order valence-corrected chi connectivity index (χ2v) is 13.7. The number of unbranched alkanes of at least 4 members (excludes halogenated alkanes) is 8. The first-order valence-electron chi connectivity index (χ1n) is 21.1. The maximum atomic E-state index is 12.7. The van der Waals surface area contributed by atoms with E-state index >= 15 is 0 Å². The predicted molar refractivity (Wildman–Crippen MR) is 231 cm³/mol. The van der Waals surface area contributed by atoms with Gasteiger partial charge in [0, 0.05) is 12.8 Å². The number of carboxylic acid groups (broad SMARTS) is 1. The molecule has 9 nitrogen and oxygen atoms in total. The van der Waals surface area contributed by atoms with Crippen molar-refractivity contribution in [1.29, 1.82) is 0 Å². The van der Waals surface area contributed by atoms with Crippen molar-refractivity contribution in [3.8, 4) is 0 Å². The number of amides is 2. The zero-order chi connectivity index (χ0) is 41.2. The first-order valence-corrected chi connectivity index (χ1v) is 21.1. The number of hydrogen-bond donors (Lipinski definition) is 4. The summed E-state index contributed by atoms with van der Waals surface area (Å²) < 4.78 is 5.86. The molecule has 4 N–H and O–H groups in total. The summed E-state index contributed by atoms with van der Waals surface area (Å²) in [5.74, 6) is -2.49. The third-order valence-corrected chi connectivity index (χ3v) is 8.55. The van der Waals surface area contributed by atoms with Gasteiger partial charge in [-0.2, -0.15) is 0 Å². The summed E-state index contributed by atoms with van der Waals surface area (Å²) in [7, 11) is 0. The molecule has 2 amide bonds. The van der Waals surface area contributed by atoms with Gasteiger partial charge in [0.25, 0.3) is 0 Å². The van der Waals surface area contributed by atoms with Crippen LogP contribution in [0.4, 0.5) is 0 Å². The summed E-state index contributed by atoms with van der Waals surface area (Å²) >= 11 is 0. The van der Waals surface area contributed by atoms with Crippen LogP contribution in [0.25, 0.3) is 0 Å². The highest BCUT2D eigenvalue weighted by Gasteiger charge is 2.18. The fourth-order valence-corrected chi connectivity index (χ4v) is 5.31. The lowest BCUT2D eigenvalue weighted by Crippen LogP contribution is -2.47. The topological polar surface area (TPSA) is 142 Å². The van der Waals surface area contributed by atoms with E-state index in [0.29, 0.717) is 19.3 Å². The predicted octanol–water partition coefficient (Wildman–Crippen LogP) is 10.3. The Hall–Kier alpha value is -4.24. The molecule has 0 aliphatic carbocycles. The molecule has 0 fully saturated rings. The summed E-state index contributed by atoms with van der Waals surface area (Å²) in [6.45, 7) is 3.27. The van der Waals surface area contributed by atoms with Crippen molar-refractivity contribution < 1.29 is 34.1 Å². The third kappa shape index (κ3) is 36.7. The number of aliphatic carboxylic acids is 1. The summed E-state index contributed by atoms with van der Waals surface area (Å²) in [6, 6.07) is -1.40. The molecule has 0 spiro atoms. The average Bonchev–Trinajstić information content (AvgIpc) is 3.18. The lowest BCUT2D eigenvalue weighted by molar-refractivity contribution is -0.147. The summed E-state index contributed by atoms with van der Waals surface area (Å²) in [5.41, 5.74) is 0. The minimum atomic E-state index is -1.40. The van der Waals surface area contributed by atoms with Crippen molar-refractivity contribution in [3.63, 3.8) is 0 Å². The molecule has 2 unspecified atom stereocenters. The van der Waals surface area contributed by atoms with E-state index in [1.807, 2.05) is 6.08 Å². The number of rotatable bonds is 36. The fraction of sp³-hybridized carbons (Fsp3) is 0.574. The van der Waals surface area contributed by atoms with Gasteiger partial charge in [0.05, 0.1) is 13.2 Å². The van der Waals surface area contributed by atoms with Gasteiger partial charge in [-0.1, -0.05) is 131 Å². The first-order chi connectivity index (χ1) is 27.3. The van der Waals surface area contributed by atoms with Crippen molar-refractivity contribution in [3.05, 3.63) is 97.2 Å². The number of allylic oxidation sites excluding steroid dienone is 15. The van der Waals surface area contributed by atoms with Crippen molar-refractivity contribution in [2.45, 2.75) is 161 Å². The Bertz CT molecular complexity index is 1260. The lowest BCUT2D eigenvalue weighted by Gasteiger charge is -2.14. The maximum absolute atomic E-state index is 12.7. The van der Waals surface area contributed by atoms with Crippen LogP contribution in [0.1, 0.15) is 149 Å². The Labute approximate surface area is 338 Å². The number of carboxylic acids is 1. The Morgan fingerprint density at radius 2 is 1.07 bits per heavy atom. The number of carbonyl (C=O) groups excluding carboxylic acids is 3. The van der Waals surface area contributed by atoms with Gasteiger partial charge in [0.1, 0.15) is 12.1 Å². The van der Waals surface area contributed by atoms with Crippen molar-refractivity contribution in [2.24, 2.45) is 0 Å². The molecule has 2 atom stereocenters. The number of aliphatic hydroxyl groups is 1. The van der Waals surface area contributed by atoms with Crippen LogP contribution in [-0.4, -0.2) is 59.3 Å². The highest BCUT2D eigenvalue weighted by atomic mass is 16.5. The maximum Gasteiger partial charge on any atom is 0.328 e. The molecule has 0 heterocycles. The van der Waals surface area contributed by atoms with E-state index in [9.17, 15) is 19.2 Å². The van der Waals surface area contributed by atoms with E-state index in [4.69, 9.17) is 14.9 Å². The number of aliphatic hydroxyl groups excluding tert-OH is 1. The average molecular weight is 779 g/mol. The second kappa shape index (κ2) is 40.4. The molecule has 0 aliphatic rings.